The molecule has 0 aliphatic carbocycles. The highest BCUT2D eigenvalue weighted by atomic mass is 79.9. The zero-order valence-corrected chi connectivity index (χ0v) is 17.3. The summed E-state index contributed by atoms with van der Waals surface area (Å²) in [5.74, 6) is 1.41. The van der Waals surface area contributed by atoms with Crippen molar-refractivity contribution >= 4 is 27.8 Å². The average molecular weight is 441 g/mol. The molecule has 3 rings (SSSR count). The van der Waals surface area contributed by atoms with E-state index in [4.69, 9.17) is 9.47 Å². The number of para-hydroxylation sites is 1. The Bertz CT molecular complexity index is 995. The van der Waals surface area contributed by atoms with Crippen LogP contribution in [-0.2, 0) is 13.2 Å². The van der Waals surface area contributed by atoms with Crippen molar-refractivity contribution < 1.29 is 14.3 Å². The fourth-order valence-corrected chi connectivity index (χ4v) is 3.18. The van der Waals surface area contributed by atoms with E-state index < -0.39 is 0 Å². The number of ether oxygens (including phenoxy) is 2. The first-order valence-electron chi connectivity index (χ1n) is 8.91. The van der Waals surface area contributed by atoms with Crippen molar-refractivity contribution in [2.45, 2.75) is 20.1 Å². The largest absolute Gasteiger partial charge is 0.496 e. The Morgan fingerprint density at radius 2 is 2.00 bits per heavy atom. The Hall–Kier alpha value is -2.86. The van der Waals surface area contributed by atoms with Gasteiger partial charge in [0.2, 0.25) is 5.78 Å². The van der Waals surface area contributed by atoms with Crippen molar-refractivity contribution in [2.75, 3.05) is 7.11 Å². The number of nitrogens with zero attached hydrogens (tertiary/aromatic N) is 2. The molecule has 0 amide bonds. The van der Waals surface area contributed by atoms with E-state index >= 15 is 0 Å². The van der Waals surface area contributed by atoms with Crippen LogP contribution in [0.4, 0.5) is 0 Å². The number of rotatable bonds is 8. The maximum Gasteiger partial charge on any atom is 0.203 e. The summed E-state index contributed by atoms with van der Waals surface area (Å²) in [6.45, 7) is 2.96. The van der Waals surface area contributed by atoms with Gasteiger partial charge in [-0.1, -0.05) is 24.3 Å². The summed E-state index contributed by atoms with van der Waals surface area (Å²) in [7, 11) is 1.63. The molecule has 0 spiro atoms. The zero-order chi connectivity index (χ0) is 19.9. The van der Waals surface area contributed by atoms with Crippen LogP contribution in [0, 0.1) is 0 Å². The van der Waals surface area contributed by atoms with Crippen molar-refractivity contribution in [2.24, 2.45) is 0 Å². The second kappa shape index (κ2) is 9.37. The van der Waals surface area contributed by atoms with Crippen LogP contribution in [0.1, 0.15) is 28.5 Å². The third-order valence-corrected chi connectivity index (χ3v) is 4.88. The van der Waals surface area contributed by atoms with E-state index in [9.17, 15) is 4.79 Å². The summed E-state index contributed by atoms with van der Waals surface area (Å²) in [6, 6.07) is 15.1. The van der Waals surface area contributed by atoms with Gasteiger partial charge in [0.25, 0.3) is 0 Å². The summed E-state index contributed by atoms with van der Waals surface area (Å²) < 4.78 is 13.9. The number of benzene rings is 2. The van der Waals surface area contributed by atoms with Crippen LogP contribution in [0.5, 0.6) is 11.5 Å². The Labute approximate surface area is 172 Å². The quantitative estimate of drug-likeness (QED) is 0.359. The standard InChI is InChI=1S/C22H21BrN2O3/c1-3-25-19(12-13-24-25)20(26)10-8-16-9-11-21(27-2)17(14-16)15-28-22-7-5-4-6-18(22)23/h4-14H,3,15H2,1-2H3/b10-8+. The number of hydrogen-bond donors (Lipinski definition) is 0. The third-order valence-electron chi connectivity index (χ3n) is 4.22. The van der Waals surface area contributed by atoms with E-state index in [1.54, 1.807) is 36.2 Å². The Morgan fingerprint density at radius 3 is 2.75 bits per heavy atom. The molecule has 1 heterocycles. The number of aryl methyl sites for hydroxylation is 1. The van der Waals surface area contributed by atoms with Gasteiger partial charge in [0.1, 0.15) is 23.8 Å². The van der Waals surface area contributed by atoms with Crippen molar-refractivity contribution in [3.63, 3.8) is 0 Å². The Balaban J connectivity index is 1.76. The minimum absolute atomic E-state index is 0.0822. The van der Waals surface area contributed by atoms with Crippen LogP contribution in [-0.4, -0.2) is 22.7 Å². The summed E-state index contributed by atoms with van der Waals surface area (Å²) in [6.07, 6.45) is 4.98. The van der Waals surface area contributed by atoms with Crippen LogP contribution >= 0.6 is 15.9 Å². The number of allylic oxidation sites excluding steroid dienone is 1. The van der Waals surface area contributed by atoms with Crippen LogP contribution in [0.2, 0.25) is 0 Å². The normalized spacial score (nSPS) is 11.0. The van der Waals surface area contributed by atoms with Crippen LogP contribution < -0.4 is 9.47 Å². The summed E-state index contributed by atoms with van der Waals surface area (Å²) >= 11 is 3.48. The van der Waals surface area contributed by atoms with E-state index in [0.717, 1.165) is 27.1 Å². The lowest BCUT2D eigenvalue weighted by Crippen LogP contribution is -2.07. The molecule has 0 radical (unpaired) electrons. The number of ketones is 1. The summed E-state index contributed by atoms with van der Waals surface area (Å²) in [4.78, 5) is 12.4. The smallest absolute Gasteiger partial charge is 0.203 e. The molecule has 0 aliphatic rings. The van der Waals surface area contributed by atoms with Crippen LogP contribution in [0.25, 0.3) is 6.08 Å². The van der Waals surface area contributed by atoms with E-state index in [2.05, 4.69) is 21.0 Å². The summed E-state index contributed by atoms with van der Waals surface area (Å²) in [5, 5.41) is 4.13. The zero-order valence-electron chi connectivity index (χ0n) is 15.8. The molecular weight excluding hydrogens is 420 g/mol. The minimum atomic E-state index is -0.0822. The first kappa shape index (κ1) is 19.9. The number of carbonyl (C=O) groups excluding carboxylic acids is 1. The number of halogens is 1. The van der Waals surface area contributed by atoms with E-state index in [0.29, 0.717) is 18.8 Å². The van der Waals surface area contributed by atoms with Crippen LogP contribution in [0.15, 0.2) is 65.3 Å². The maximum absolute atomic E-state index is 12.4. The molecular formula is C22H21BrN2O3. The highest BCUT2D eigenvalue weighted by molar-refractivity contribution is 9.10. The molecule has 1 aromatic heterocycles. The van der Waals surface area contributed by atoms with Gasteiger partial charge in [-0.05, 0) is 64.8 Å². The monoisotopic (exact) mass is 440 g/mol. The molecule has 0 bridgehead atoms. The van der Waals surface area contributed by atoms with Crippen molar-refractivity contribution in [1.29, 1.82) is 0 Å². The predicted molar refractivity (Wildman–Crippen MR) is 113 cm³/mol. The highest BCUT2D eigenvalue weighted by Gasteiger charge is 2.09. The fourth-order valence-electron chi connectivity index (χ4n) is 2.78. The SMILES string of the molecule is CCn1nccc1C(=O)/C=C/c1ccc(OC)c(COc2ccccc2Br)c1. The van der Waals surface area contributed by atoms with E-state index in [-0.39, 0.29) is 5.78 Å². The molecule has 0 fully saturated rings. The van der Waals surface area contributed by atoms with E-state index in [1.165, 1.54) is 0 Å². The molecule has 28 heavy (non-hydrogen) atoms. The molecule has 0 saturated heterocycles. The Kier molecular flexibility index (Phi) is 6.66. The molecule has 3 aromatic rings. The van der Waals surface area contributed by atoms with Gasteiger partial charge < -0.3 is 9.47 Å². The highest BCUT2D eigenvalue weighted by Crippen LogP contribution is 2.27. The molecule has 0 atom stereocenters. The second-order valence-corrected chi connectivity index (χ2v) is 6.87. The molecule has 6 heteroatoms. The lowest BCUT2D eigenvalue weighted by molar-refractivity contribution is 0.103. The van der Waals surface area contributed by atoms with Gasteiger partial charge in [0, 0.05) is 18.3 Å². The van der Waals surface area contributed by atoms with Crippen molar-refractivity contribution in [3.05, 3.63) is 82.1 Å². The number of carbonyl (C=O) groups is 1. The van der Waals surface area contributed by atoms with Gasteiger partial charge in [-0.15, -0.1) is 0 Å². The molecule has 2 aromatic carbocycles. The van der Waals surface area contributed by atoms with Gasteiger partial charge >= 0.3 is 0 Å². The first-order valence-corrected chi connectivity index (χ1v) is 9.70. The average Bonchev–Trinajstić information content (AvgIpc) is 3.20. The lowest BCUT2D eigenvalue weighted by atomic mass is 10.1. The third kappa shape index (κ3) is 4.70. The van der Waals surface area contributed by atoms with Gasteiger partial charge in [0.15, 0.2) is 0 Å². The number of aromatic nitrogens is 2. The fraction of sp³-hybridized carbons (Fsp3) is 0.182. The second-order valence-electron chi connectivity index (χ2n) is 6.02. The molecule has 5 nitrogen and oxygen atoms in total. The maximum atomic E-state index is 12.4. The van der Waals surface area contributed by atoms with Gasteiger partial charge in [-0.25, -0.2) is 0 Å². The molecule has 0 N–H and O–H groups in total. The molecule has 0 saturated carbocycles. The lowest BCUT2D eigenvalue weighted by Gasteiger charge is -2.12. The number of hydrogen-bond acceptors (Lipinski definition) is 4. The predicted octanol–water partition coefficient (Wildman–Crippen LogP) is 5.15. The van der Waals surface area contributed by atoms with E-state index in [1.807, 2.05) is 49.4 Å². The first-order chi connectivity index (χ1) is 13.6. The van der Waals surface area contributed by atoms with Crippen LogP contribution in [0.3, 0.4) is 0 Å². The molecule has 0 aliphatic heterocycles. The molecule has 144 valence electrons. The summed E-state index contributed by atoms with van der Waals surface area (Å²) in [5.41, 5.74) is 2.36. The van der Waals surface area contributed by atoms with Crippen molar-refractivity contribution in [3.8, 4) is 11.5 Å². The number of methoxy groups -OCH3 is 1. The molecule has 0 unspecified atom stereocenters. The van der Waals surface area contributed by atoms with Crippen molar-refractivity contribution in [1.82, 2.24) is 9.78 Å². The van der Waals surface area contributed by atoms with Gasteiger partial charge in [-0.2, -0.15) is 5.10 Å². The van der Waals surface area contributed by atoms with Gasteiger partial charge in [0.05, 0.1) is 11.6 Å². The Morgan fingerprint density at radius 1 is 1.18 bits per heavy atom. The topological polar surface area (TPSA) is 53.4 Å². The minimum Gasteiger partial charge on any atom is -0.496 e. The van der Waals surface area contributed by atoms with Gasteiger partial charge in [-0.3, -0.25) is 9.48 Å².